The van der Waals surface area contributed by atoms with Crippen LogP contribution in [0.4, 0.5) is 0 Å². The molecule has 104 valence electrons. The van der Waals surface area contributed by atoms with E-state index in [2.05, 4.69) is 31.2 Å². The zero-order chi connectivity index (χ0) is 14.4. The summed E-state index contributed by atoms with van der Waals surface area (Å²) < 4.78 is 8.12. The SMILES string of the molecule is Cc1occc1-c1nnc2sc(-c3cccc(Br)c3)nn12. The Morgan fingerprint density at radius 3 is 2.90 bits per heavy atom. The second-order valence-electron chi connectivity index (χ2n) is 4.53. The van der Waals surface area contributed by atoms with Gasteiger partial charge in [0.1, 0.15) is 10.8 Å². The average Bonchev–Trinajstić information content (AvgIpc) is 3.13. The fourth-order valence-electron chi connectivity index (χ4n) is 2.14. The minimum Gasteiger partial charge on any atom is -0.469 e. The molecule has 0 radical (unpaired) electrons. The maximum Gasteiger partial charge on any atom is 0.235 e. The van der Waals surface area contributed by atoms with Gasteiger partial charge in [-0.2, -0.15) is 9.61 Å². The van der Waals surface area contributed by atoms with Crippen LogP contribution in [-0.4, -0.2) is 19.8 Å². The molecule has 4 aromatic rings. The van der Waals surface area contributed by atoms with Gasteiger partial charge in [-0.3, -0.25) is 0 Å². The highest BCUT2D eigenvalue weighted by atomic mass is 79.9. The number of rotatable bonds is 2. The van der Waals surface area contributed by atoms with Crippen LogP contribution >= 0.6 is 27.3 Å². The summed E-state index contributed by atoms with van der Waals surface area (Å²) in [4.78, 5) is 0.764. The summed E-state index contributed by atoms with van der Waals surface area (Å²) in [6.07, 6.45) is 1.65. The summed E-state index contributed by atoms with van der Waals surface area (Å²) in [5.41, 5.74) is 1.96. The van der Waals surface area contributed by atoms with Crippen molar-refractivity contribution in [3.05, 3.63) is 46.8 Å². The molecule has 0 aliphatic carbocycles. The second kappa shape index (κ2) is 4.78. The van der Waals surface area contributed by atoms with Crippen molar-refractivity contribution in [2.24, 2.45) is 0 Å². The number of nitrogens with zero attached hydrogens (tertiary/aromatic N) is 4. The topological polar surface area (TPSA) is 56.2 Å². The lowest BCUT2D eigenvalue weighted by molar-refractivity contribution is 0.535. The highest BCUT2D eigenvalue weighted by Crippen LogP contribution is 2.30. The number of aryl methyl sites for hydroxylation is 1. The van der Waals surface area contributed by atoms with E-state index in [1.807, 2.05) is 37.3 Å². The van der Waals surface area contributed by atoms with Crippen molar-refractivity contribution in [2.75, 3.05) is 0 Å². The van der Waals surface area contributed by atoms with Gasteiger partial charge in [0.15, 0.2) is 5.82 Å². The van der Waals surface area contributed by atoms with Crippen LogP contribution in [0.25, 0.3) is 26.9 Å². The monoisotopic (exact) mass is 360 g/mol. The van der Waals surface area contributed by atoms with Crippen LogP contribution in [0.15, 0.2) is 45.5 Å². The van der Waals surface area contributed by atoms with Crippen LogP contribution in [0.3, 0.4) is 0 Å². The smallest absolute Gasteiger partial charge is 0.235 e. The maximum atomic E-state index is 5.33. The molecule has 0 saturated carbocycles. The fraction of sp³-hybridized carbons (Fsp3) is 0.0714. The number of furan rings is 1. The molecule has 0 spiro atoms. The van der Waals surface area contributed by atoms with Gasteiger partial charge >= 0.3 is 0 Å². The third-order valence-corrected chi connectivity index (χ3v) is 4.60. The van der Waals surface area contributed by atoms with E-state index in [4.69, 9.17) is 4.42 Å². The van der Waals surface area contributed by atoms with Gasteiger partial charge in [-0.05, 0) is 25.1 Å². The molecule has 0 atom stereocenters. The van der Waals surface area contributed by atoms with Crippen molar-refractivity contribution < 1.29 is 4.42 Å². The van der Waals surface area contributed by atoms with Crippen molar-refractivity contribution in [1.29, 1.82) is 0 Å². The van der Waals surface area contributed by atoms with Crippen molar-refractivity contribution in [3.8, 4) is 22.0 Å². The first-order valence-electron chi connectivity index (χ1n) is 6.25. The first kappa shape index (κ1) is 12.7. The predicted molar refractivity (Wildman–Crippen MR) is 84.2 cm³/mol. The summed E-state index contributed by atoms with van der Waals surface area (Å²) in [6.45, 7) is 1.90. The zero-order valence-corrected chi connectivity index (χ0v) is 13.3. The van der Waals surface area contributed by atoms with Gasteiger partial charge in [-0.15, -0.1) is 10.2 Å². The normalized spacial score (nSPS) is 11.3. The van der Waals surface area contributed by atoms with Crippen LogP contribution in [0.5, 0.6) is 0 Å². The van der Waals surface area contributed by atoms with Gasteiger partial charge in [0.05, 0.1) is 11.8 Å². The molecule has 0 unspecified atom stereocenters. The molecule has 0 aliphatic rings. The molecule has 0 fully saturated rings. The minimum absolute atomic E-state index is 0.703. The van der Waals surface area contributed by atoms with E-state index in [-0.39, 0.29) is 0 Å². The Morgan fingerprint density at radius 2 is 2.14 bits per heavy atom. The molecule has 7 heteroatoms. The van der Waals surface area contributed by atoms with Gasteiger partial charge in [0, 0.05) is 10.0 Å². The van der Waals surface area contributed by atoms with E-state index < -0.39 is 0 Å². The zero-order valence-electron chi connectivity index (χ0n) is 10.9. The molecule has 0 aliphatic heterocycles. The molecule has 0 bridgehead atoms. The van der Waals surface area contributed by atoms with Crippen LogP contribution in [0, 0.1) is 6.92 Å². The third kappa shape index (κ3) is 2.09. The van der Waals surface area contributed by atoms with Gasteiger partial charge in [-0.1, -0.05) is 39.4 Å². The molecular weight excluding hydrogens is 352 g/mol. The summed E-state index contributed by atoms with van der Waals surface area (Å²) in [7, 11) is 0. The standard InChI is InChI=1S/C14H9BrN4OS/c1-8-11(5-6-20-8)12-16-17-14-19(12)18-13(21-14)9-3-2-4-10(15)7-9/h2-7H,1H3. The molecule has 0 N–H and O–H groups in total. The largest absolute Gasteiger partial charge is 0.469 e. The molecule has 4 rings (SSSR count). The molecule has 3 aromatic heterocycles. The fourth-order valence-corrected chi connectivity index (χ4v) is 3.37. The highest BCUT2D eigenvalue weighted by molar-refractivity contribution is 9.10. The van der Waals surface area contributed by atoms with E-state index in [9.17, 15) is 0 Å². The maximum absolute atomic E-state index is 5.33. The molecule has 0 amide bonds. The van der Waals surface area contributed by atoms with E-state index in [0.717, 1.165) is 31.3 Å². The van der Waals surface area contributed by atoms with Crippen molar-refractivity contribution in [3.63, 3.8) is 0 Å². The number of hydrogen-bond donors (Lipinski definition) is 0. The van der Waals surface area contributed by atoms with Crippen molar-refractivity contribution in [2.45, 2.75) is 6.92 Å². The highest BCUT2D eigenvalue weighted by Gasteiger charge is 2.17. The van der Waals surface area contributed by atoms with Gasteiger partial charge in [0.25, 0.3) is 0 Å². The van der Waals surface area contributed by atoms with Crippen molar-refractivity contribution >= 4 is 32.2 Å². The second-order valence-corrected chi connectivity index (χ2v) is 6.40. The Labute approximate surface area is 132 Å². The van der Waals surface area contributed by atoms with E-state index >= 15 is 0 Å². The Balaban J connectivity index is 1.88. The van der Waals surface area contributed by atoms with E-state index in [1.165, 1.54) is 11.3 Å². The predicted octanol–water partition coefficient (Wildman–Crippen LogP) is 4.18. The van der Waals surface area contributed by atoms with Crippen LogP contribution in [0.2, 0.25) is 0 Å². The number of hydrogen-bond acceptors (Lipinski definition) is 5. The number of aromatic nitrogens is 4. The number of benzene rings is 1. The molecule has 5 nitrogen and oxygen atoms in total. The molecule has 3 heterocycles. The lowest BCUT2D eigenvalue weighted by Crippen LogP contribution is -1.91. The minimum atomic E-state index is 0.703. The average molecular weight is 361 g/mol. The molecule has 0 saturated heterocycles. The summed E-state index contributed by atoms with van der Waals surface area (Å²) in [5, 5.41) is 13.9. The summed E-state index contributed by atoms with van der Waals surface area (Å²) in [5.74, 6) is 1.51. The first-order chi connectivity index (χ1) is 10.2. The van der Waals surface area contributed by atoms with E-state index in [1.54, 1.807) is 10.8 Å². The van der Waals surface area contributed by atoms with Crippen molar-refractivity contribution in [1.82, 2.24) is 19.8 Å². The van der Waals surface area contributed by atoms with Crippen LogP contribution in [0.1, 0.15) is 5.76 Å². The van der Waals surface area contributed by atoms with Crippen LogP contribution < -0.4 is 0 Å². The first-order valence-corrected chi connectivity index (χ1v) is 7.86. The Morgan fingerprint density at radius 1 is 1.24 bits per heavy atom. The van der Waals surface area contributed by atoms with Gasteiger partial charge in [0.2, 0.25) is 4.96 Å². The quantitative estimate of drug-likeness (QED) is 0.537. The molecular formula is C14H9BrN4OS. The Kier molecular flexibility index (Phi) is 2.90. The van der Waals surface area contributed by atoms with Gasteiger partial charge in [-0.25, -0.2) is 0 Å². The molecule has 1 aromatic carbocycles. The Hall–Kier alpha value is -1.99. The van der Waals surface area contributed by atoms with Crippen LogP contribution in [-0.2, 0) is 0 Å². The lowest BCUT2D eigenvalue weighted by atomic mass is 10.2. The number of fused-ring (bicyclic) bond motifs is 1. The summed E-state index contributed by atoms with van der Waals surface area (Å²) >= 11 is 4.99. The van der Waals surface area contributed by atoms with Gasteiger partial charge < -0.3 is 4.42 Å². The Bertz CT molecular complexity index is 939. The third-order valence-electron chi connectivity index (χ3n) is 3.16. The summed E-state index contributed by atoms with van der Waals surface area (Å²) in [6, 6.07) is 9.92. The lowest BCUT2D eigenvalue weighted by Gasteiger charge is -1.96. The molecule has 21 heavy (non-hydrogen) atoms. The van der Waals surface area contributed by atoms with E-state index in [0.29, 0.717) is 5.82 Å². The number of halogens is 1.